The minimum atomic E-state index is -0.306. The number of rotatable bonds is 2. The van der Waals surface area contributed by atoms with Crippen LogP contribution in [-0.2, 0) is 4.74 Å². The van der Waals surface area contributed by atoms with Crippen molar-refractivity contribution in [2.24, 2.45) is 0 Å². The van der Waals surface area contributed by atoms with Crippen LogP contribution in [0.1, 0.15) is 10.4 Å². The summed E-state index contributed by atoms with van der Waals surface area (Å²) in [5, 5.41) is 3.30. The molecular weight excluding hydrogens is 256 g/mol. The van der Waals surface area contributed by atoms with Gasteiger partial charge in [0.25, 0.3) is 0 Å². The lowest BCUT2D eigenvalue weighted by Crippen LogP contribution is -2.00. The van der Waals surface area contributed by atoms with E-state index in [1.54, 1.807) is 17.4 Å². The molecule has 0 radical (unpaired) electrons. The van der Waals surface area contributed by atoms with Crippen molar-refractivity contribution in [2.75, 3.05) is 7.11 Å². The van der Waals surface area contributed by atoms with Crippen LogP contribution in [0.4, 0.5) is 0 Å². The summed E-state index contributed by atoms with van der Waals surface area (Å²) in [6.07, 6.45) is 0. The van der Waals surface area contributed by atoms with Gasteiger partial charge in [-0.3, -0.25) is 0 Å². The lowest BCUT2D eigenvalue weighted by Gasteiger charge is -2.06. The second-order valence-electron chi connectivity index (χ2n) is 4.21. The molecule has 2 aromatic carbocycles. The highest BCUT2D eigenvalue weighted by Gasteiger charge is 2.09. The lowest BCUT2D eigenvalue weighted by molar-refractivity contribution is 0.0601. The normalized spacial score (nSPS) is 10.6. The summed E-state index contributed by atoms with van der Waals surface area (Å²) >= 11 is 1.72. The fraction of sp³-hybridized carbons (Fsp3) is 0.0625. The van der Waals surface area contributed by atoms with Crippen LogP contribution in [0.3, 0.4) is 0 Å². The van der Waals surface area contributed by atoms with Crippen LogP contribution in [0.2, 0.25) is 0 Å². The minimum Gasteiger partial charge on any atom is -0.465 e. The van der Waals surface area contributed by atoms with E-state index in [9.17, 15) is 4.79 Å². The van der Waals surface area contributed by atoms with E-state index in [1.165, 1.54) is 17.2 Å². The first kappa shape index (κ1) is 11.9. The molecule has 0 aliphatic rings. The third kappa shape index (κ3) is 2.13. The van der Waals surface area contributed by atoms with Gasteiger partial charge in [-0.1, -0.05) is 24.3 Å². The molecule has 1 heterocycles. The van der Waals surface area contributed by atoms with E-state index in [-0.39, 0.29) is 5.97 Å². The second kappa shape index (κ2) is 4.86. The zero-order valence-electron chi connectivity index (χ0n) is 10.4. The number of benzene rings is 2. The fourth-order valence-electron chi connectivity index (χ4n) is 2.18. The Morgan fingerprint density at radius 2 is 1.95 bits per heavy atom. The number of methoxy groups -OCH3 is 1. The summed E-state index contributed by atoms with van der Waals surface area (Å²) in [4.78, 5) is 11.6. The van der Waals surface area contributed by atoms with E-state index in [2.05, 4.69) is 23.6 Å². The Morgan fingerprint density at radius 3 is 2.79 bits per heavy atom. The number of thiophene rings is 1. The van der Waals surface area contributed by atoms with Gasteiger partial charge < -0.3 is 4.74 Å². The van der Waals surface area contributed by atoms with Crippen LogP contribution in [-0.4, -0.2) is 13.1 Å². The van der Waals surface area contributed by atoms with Gasteiger partial charge in [0.15, 0.2) is 0 Å². The second-order valence-corrected chi connectivity index (χ2v) is 5.16. The fourth-order valence-corrected chi connectivity index (χ4v) is 2.99. The van der Waals surface area contributed by atoms with E-state index in [0.29, 0.717) is 5.56 Å². The van der Waals surface area contributed by atoms with Crippen LogP contribution in [0, 0.1) is 0 Å². The summed E-state index contributed by atoms with van der Waals surface area (Å²) in [5.41, 5.74) is 2.75. The molecule has 1 aromatic heterocycles. The Labute approximate surface area is 115 Å². The highest BCUT2D eigenvalue weighted by molar-refractivity contribution is 7.17. The summed E-state index contributed by atoms with van der Waals surface area (Å²) < 4.78 is 6.01. The zero-order chi connectivity index (χ0) is 13.2. The van der Waals surface area contributed by atoms with Gasteiger partial charge in [-0.2, -0.15) is 0 Å². The summed E-state index contributed by atoms with van der Waals surface area (Å²) in [5.74, 6) is -0.306. The zero-order valence-corrected chi connectivity index (χ0v) is 11.2. The van der Waals surface area contributed by atoms with Gasteiger partial charge in [0.1, 0.15) is 0 Å². The molecule has 0 aliphatic heterocycles. The number of ether oxygens (including phenoxy) is 1. The van der Waals surface area contributed by atoms with Crippen molar-refractivity contribution in [1.29, 1.82) is 0 Å². The van der Waals surface area contributed by atoms with Crippen molar-refractivity contribution in [1.82, 2.24) is 0 Å². The van der Waals surface area contributed by atoms with Crippen LogP contribution in [0.15, 0.2) is 53.9 Å². The number of hydrogen-bond donors (Lipinski definition) is 0. The quantitative estimate of drug-likeness (QED) is 0.646. The Balaban J connectivity index is 2.16. The first-order chi connectivity index (χ1) is 9.29. The lowest BCUT2D eigenvalue weighted by atomic mass is 10.0. The first-order valence-corrected chi connectivity index (χ1v) is 6.82. The summed E-state index contributed by atoms with van der Waals surface area (Å²) in [6, 6.07) is 15.9. The monoisotopic (exact) mass is 268 g/mol. The smallest absolute Gasteiger partial charge is 0.337 e. The van der Waals surface area contributed by atoms with Gasteiger partial charge in [-0.25, -0.2) is 4.79 Å². The van der Waals surface area contributed by atoms with Crippen molar-refractivity contribution in [3.8, 4) is 11.1 Å². The van der Waals surface area contributed by atoms with Gasteiger partial charge in [0.2, 0.25) is 0 Å². The Bertz CT molecular complexity index is 743. The van der Waals surface area contributed by atoms with Crippen molar-refractivity contribution in [2.45, 2.75) is 0 Å². The molecule has 0 aliphatic carbocycles. The number of hydrogen-bond acceptors (Lipinski definition) is 3. The molecule has 0 fully saturated rings. The highest BCUT2D eigenvalue weighted by atomic mass is 32.1. The number of carbonyl (C=O) groups is 1. The molecule has 0 bridgehead atoms. The van der Waals surface area contributed by atoms with E-state index in [0.717, 1.165) is 11.1 Å². The van der Waals surface area contributed by atoms with Crippen LogP contribution in [0.25, 0.3) is 21.2 Å². The third-order valence-corrected chi connectivity index (χ3v) is 3.97. The molecule has 94 valence electrons. The van der Waals surface area contributed by atoms with E-state index in [1.807, 2.05) is 24.3 Å². The molecule has 0 saturated carbocycles. The predicted octanol–water partition coefficient (Wildman–Crippen LogP) is 4.35. The van der Waals surface area contributed by atoms with Crippen molar-refractivity contribution < 1.29 is 9.53 Å². The molecule has 19 heavy (non-hydrogen) atoms. The molecule has 2 nitrogen and oxygen atoms in total. The maximum absolute atomic E-state index is 11.6. The Hall–Kier alpha value is -2.13. The van der Waals surface area contributed by atoms with Gasteiger partial charge in [-0.15, -0.1) is 11.3 Å². The molecule has 0 atom stereocenters. The van der Waals surface area contributed by atoms with Crippen molar-refractivity contribution in [3.63, 3.8) is 0 Å². The van der Waals surface area contributed by atoms with Crippen molar-refractivity contribution >= 4 is 27.4 Å². The predicted molar refractivity (Wildman–Crippen MR) is 78.6 cm³/mol. The van der Waals surface area contributed by atoms with Crippen LogP contribution >= 0.6 is 11.3 Å². The maximum Gasteiger partial charge on any atom is 0.337 e. The number of esters is 1. The van der Waals surface area contributed by atoms with Gasteiger partial charge in [0, 0.05) is 10.1 Å². The summed E-state index contributed by atoms with van der Waals surface area (Å²) in [7, 11) is 1.40. The van der Waals surface area contributed by atoms with Gasteiger partial charge in [-0.05, 0) is 40.8 Å². The average Bonchev–Trinajstić information content (AvgIpc) is 2.94. The Morgan fingerprint density at radius 1 is 1.11 bits per heavy atom. The molecule has 0 amide bonds. The topological polar surface area (TPSA) is 26.3 Å². The molecule has 0 N–H and O–H groups in total. The molecular formula is C16H12O2S. The van der Waals surface area contributed by atoms with Gasteiger partial charge >= 0.3 is 5.97 Å². The molecule has 3 rings (SSSR count). The molecule has 0 saturated heterocycles. The van der Waals surface area contributed by atoms with E-state index < -0.39 is 0 Å². The largest absolute Gasteiger partial charge is 0.465 e. The van der Waals surface area contributed by atoms with Crippen LogP contribution in [0.5, 0.6) is 0 Å². The average molecular weight is 268 g/mol. The number of fused-ring (bicyclic) bond motifs is 1. The molecule has 3 aromatic rings. The number of carbonyl (C=O) groups excluding carboxylic acids is 1. The Kier molecular flexibility index (Phi) is 3.05. The standard InChI is InChI=1S/C16H12O2S/c1-18-16(17)12-5-2-4-11(10-12)13-6-3-7-15-14(13)8-9-19-15/h2-10H,1H3. The summed E-state index contributed by atoms with van der Waals surface area (Å²) in [6.45, 7) is 0. The third-order valence-electron chi connectivity index (χ3n) is 3.09. The maximum atomic E-state index is 11.6. The van der Waals surface area contributed by atoms with Crippen LogP contribution < -0.4 is 0 Å². The minimum absolute atomic E-state index is 0.306. The molecule has 0 spiro atoms. The molecule has 3 heteroatoms. The highest BCUT2D eigenvalue weighted by Crippen LogP contribution is 2.32. The van der Waals surface area contributed by atoms with E-state index >= 15 is 0 Å². The SMILES string of the molecule is COC(=O)c1cccc(-c2cccc3sccc23)c1. The van der Waals surface area contributed by atoms with E-state index in [4.69, 9.17) is 4.74 Å². The first-order valence-electron chi connectivity index (χ1n) is 5.94. The van der Waals surface area contributed by atoms with Gasteiger partial charge in [0.05, 0.1) is 12.7 Å². The van der Waals surface area contributed by atoms with Crippen molar-refractivity contribution in [3.05, 3.63) is 59.5 Å². The molecule has 0 unspecified atom stereocenters.